The Bertz CT molecular complexity index is 488. The molecule has 0 fully saturated rings. The van der Waals surface area contributed by atoms with Crippen LogP contribution < -0.4 is 5.32 Å². The number of rotatable bonds is 4. The number of halogens is 2. The fraction of sp³-hybridized carbons (Fsp3) is 0.154. The Balaban J connectivity index is 1.88. The van der Waals surface area contributed by atoms with Crippen molar-refractivity contribution in [1.29, 1.82) is 0 Å². The van der Waals surface area contributed by atoms with E-state index < -0.39 is 0 Å². The lowest BCUT2D eigenvalue weighted by atomic mass is 10.2. The normalized spacial score (nSPS) is 10.5. The second kappa shape index (κ2) is 5.75. The van der Waals surface area contributed by atoms with Gasteiger partial charge in [-0.1, -0.05) is 23.7 Å². The van der Waals surface area contributed by atoms with Crippen LogP contribution in [0.5, 0.6) is 0 Å². The highest BCUT2D eigenvalue weighted by Gasteiger charge is 2.00. The van der Waals surface area contributed by atoms with Crippen molar-refractivity contribution in [3.8, 4) is 0 Å². The minimum absolute atomic E-state index is 0.155. The van der Waals surface area contributed by atoms with Crippen molar-refractivity contribution in [3.63, 3.8) is 0 Å². The molecule has 1 aromatic carbocycles. The maximum absolute atomic E-state index is 12.9. The molecular formula is C13H12ClFN2. The van der Waals surface area contributed by atoms with Crippen LogP contribution in [0.1, 0.15) is 11.3 Å². The van der Waals surface area contributed by atoms with Gasteiger partial charge in [0.25, 0.3) is 0 Å². The van der Waals surface area contributed by atoms with Crippen molar-refractivity contribution in [2.75, 3.05) is 0 Å². The zero-order valence-electron chi connectivity index (χ0n) is 9.16. The van der Waals surface area contributed by atoms with Crippen molar-refractivity contribution >= 4 is 11.6 Å². The van der Waals surface area contributed by atoms with E-state index in [1.165, 1.54) is 6.07 Å². The summed E-state index contributed by atoms with van der Waals surface area (Å²) in [5, 5.41) is 3.38. The van der Waals surface area contributed by atoms with Crippen molar-refractivity contribution < 1.29 is 4.39 Å². The van der Waals surface area contributed by atoms with E-state index in [2.05, 4.69) is 10.3 Å². The molecule has 0 bridgehead atoms. The van der Waals surface area contributed by atoms with Gasteiger partial charge in [-0.3, -0.25) is 4.98 Å². The maximum atomic E-state index is 12.9. The summed E-state index contributed by atoms with van der Waals surface area (Å²) in [5.74, 6) is -0.389. The van der Waals surface area contributed by atoms with Gasteiger partial charge in [0, 0.05) is 19.3 Å². The van der Waals surface area contributed by atoms with Gasteiger partial charge in [-0.05, 0) is 29.8 Å². The first-order valence-electron chi connectivity index (χ1n) is 5.30. The predicted octanol–water partition coefficient (Wildman–Crippen LogP) is 3.16. The molecule has 2 nitrogen and oxygen atoms in total. The highest BCUT2D eigenvalue weighted by molar-refractivity contribution is 6.30. The van der Waals surface area contributed by atoms with E-state index in [4.69, 9.17) is 11.6 Å². The highest BCUT2D eigenvalue weighted by atomic mass is 35.5. The van der Waals surface area contributed by atoms with Crippen LogP contribution in [0.25, 0.3) is 0 Å². The van der Waals surface area contributed by atoms with Gasteiger partial charge in [0.05, 0.1) is 10.7 Å². The van der Waals surface area contributed by atoms with E-state index in [-0.39, 0.29) is 10.8 Å². The van der Waals surface area contributed by atoms with Crippen LogP contribution in [-0.2, 0) is 13.1 Å². The van der Waals surface area contributed by atoms with Crippen molar-refractivity contribution in [3.05, 3.63) is 64.7 Å². The number of nitrogens with zero attached hydrogens (tertiary/aromatic N) is 1. The molecule has 1 heterocycles. The topological polar surface area (TPSA) is 24.9 Å². The molecule has 0 saturated carbocycles. The van der Waals surface area contributed by atoms with Crippen LogP contribution in [0.15, 0.2) is 42.6 Å². The lowest BCUT2D eigenvalue weighted by Crippen LogP contribution is -2.13. The second-order valence-corrected chi connectivity index (χ2v) is 4.08. The average Bonchev–Trinajstić information content (AvgIpc) is 2.35. The molecule has 0 atom stereocenters. The standard InChI is InChI=1S/C13H12ClFN2/c14-12-7-10(4-5-13(12)15)8-16-9-11-3-1-2-6-17-11/h1-7,16H,8-9H2. The number of benzene rings is 1. The molecule has 4 heteroatoms. The third-order valence-electron chi connectivity index (χ3n) is 2.35. The van der Waals surface area contributed by atoms with Crippen LogP contribution in [0.3, 0.4) is 0 Å². The number of hydrogen-bond acceptors (Lipinski definition) is 2. The number of hydrogen-bond donors (Lipinski definition) is 1. The van der Waals surface area contributed by atoms with Crippen LogP contribution in [0.4, 0.5) is 4.39 Å². The van der Waals surface area contributed by atoms with Crippen LogP contribution >= 0.6 is 11.6 Å². The summed E-state index contributed by atoms with van der Waals surface area (Å²) < 4.78 is 12.9. The van der Waals surface area contributed by atoms with Gasteiger partial charge in [-0.15, -0.1) is 0 Å². The fourth-order valence-electron chi connectivity index (χ4n) is 1.49. The Morgan fingerprint density at radius 3 is 2.76 bits per heavy atom. The first-order chi connectivity index (χ1) is 8.25. The van der Waals surface area contributed by atoms with Crippen molar-refractivity contribution in [1.82, 2.24) is 10.3 Å². The lowest BCUT2D eigenvalue weighted by Gasteiger charge is -2.05. The van der Waals surface area contributed by atoms with Crippen LogP contribution in [0.2, 0.25) is 5.02 Å². The first-order valence-corrected chi connectivity index (χ1v) is 5.68. The first kappa shape index (κ1) is 12.0. The monoisotopic (exact) mass is 250 g/mol. The maximum Gasteiger partial charge on any atom is 0.141 e. The summed E-state index contributed by atoms with van der Waals surface area (Å²) in [6, 6.07) is 10.5. The van der Waals surface area contributed by atoms with Gasteiger partial charge >= 0.3 is 0 Å². The predicted molar refractivity (Wildman–Crippen MR) is 66.2 cm³/mol. The summed E-state index contributed by atoms with van der Waals surface area (Å²) in [7, 11) is 0. The molecule has 0 radical (unpaired) electrons. The van der Waals surface area contributed by atoms with Crippen molar-refractivity contribution in [2.24, 2.45) is 0 Å². The Labute approximate surface area is 104 Å². The third-order valence-corrected chi connectivity index (χ3v) is 2.64. The minimum Gasteiger partial charge on any atom is -0.307 e. The van der Waals surface area contributed by atoms with E-state index in [0.717, 1.165) is 11.3 Å². The van der Waals surface area contributed by atoms with E-state index >= 15 is 0 Å². The molecule has 1 N–H and O–H groups in total. The zero-order valence-corrected chi connectivity index (χ0v) is 9.91. The van der Waals surface area contributed by atoms with Gasteiger partial charge in [0.15, 0.2) is 0 Å². The van der Waals surface area contributed by atoms with E-state index in [1.807, 2.05) is 18.2 Å². The molecule has 0 unspecified atom stereocenters. The summed E-state index contributed by atoms with van der Waals surface area (Å²) in [6.45, 7) is 1.31. The summed E-state index contributed by atoms with van der Waals surface area (Å²) >= 11 is 5.69. The Morgan fingerprint density at radius 2 is 2.06 bits per heavy atom. The average molecular weight is 251 g/mol. The van der Waals surface area contributed by atoms with E-state index in [0.29, 0.717) is 13.1 Å². The Morgan fingerprint density at radius 1 is 1.18 bits per heavy atom. The number of aromatic nitrogens is 1. The molecule has 2 aromatic rings. The Kier molecular flexibility index (Phi) is 4.07. The number of nitrogens with one attached hydrogen (secondary N) is 1. The SMILES string of the molecule is Fc1ccc(CNCc2ccccn2)cc1Cl. The molecule has 0 amide bonds. The van der Waals surface area contributed by atoms with Gasteiger partial charge in [0.1, 0.15) is 5.82 Å². The second-order valence-electron chi connectivity index (χ2n) is 3.67. The molecular weight excluding hydrogens is 239 g/mol. The molecule has 0 saturated heterocycles. The molecule has 0 aliphatic rings. The quantitative estimate of drug-likeness (QED) is 0.902. The van der Waals surface area contributed by atoms with Gasteiger partial charge in [0.2, 0.25) is 0 Å². The van der Waals surface area contributed by atoms with Gasteiger partial charge in [-0.2, -0.15) is 0 Å². The molecule has 2 rings (SSSR count). The molecule has 88 valence electrons. The van der Waals surface area contributed by atoms with Gasteiger partial charge < -0.3 is 5.32 Å². The van der Waals surface area contributed by atoms with Crippen LogP contribution in [0, 0.1) is 5.82 Å². The zero-order chi connectivity index (χ0) is 12.1. The van der Waals surface area contributed by atoms with Gasteiger partial charge in [-0.25, -0.2) is 4.39 Å². The van der Waals surface area contributed by atoms with Crippen LogP contribution in [-0.4, -0.2) is 4.98 Å². The molecule has 1 aromatic heterocycles. The van der Waals surface area contributed by atoms with E-state index in [1.54, 1.807) is 18.3 Å². The fourth-order valence-corrected chi connectivity index (χ4v) is 1.69. The molecule has 17 heavy (non-hydrogen) atoms. The molecule has 0 spiro atoms. The third kappa shape index (κ3) is 3.51. The minimum atomic E-state index is -0.389. The summed E-state index contributed by atoms with van der Waals surface area (Å²) in [4.78, 5) is 4.19. The smallest absolute Gasteiger partial charge is 0.141 e. The highest BCUT2D eigenvalue weighted by Crippen LogP contribution is 2.15. The van der Waals surface area contributed by atoms with Crippen molar-refractivity contribution in [2.45, 2.75) is 13.1 Å². The number of pyridine rings is 1. The summed E-state index contributed by atoms with van der Waals surface area (Å²) in [5.41, 5.74) is 1.92. The largest absolute Gasteiger partial charge is 0.307 e. The Hall–Kier alpha value is -1.45. The summed E-state index contributed by atoms with van der Waals surface area (Å²) in [6.07, 6.45) is 1.76. The van der Waals surface area contributed by atoms with E-state index in [9.17, 15) is 4.39 Å². The lowest BCUT2D eigenvalue weighted by molar-refractivity contribution is 0.625. The molecule has 0 aliphatic carbocycles. The molecule has 0 aliphatic heterocycles.